The molecular weight excluding hydrogens is 235 g/mol. The van der Waals surface area contributed by atoms with E-state index in [0.717, 1.165) is 12.7 Å². The summed E-state index contributed by atoms with van der Waals surface area (Å²) in [6.45, 7) is 2.92. The molecule has 17 heavy (non-hydrogen) atoms. The molecule has 1 aliphatic rings. The zero-order valence-electron chi connectivity index (χ0n) is 9.16. The van der Waals surface area contributed by atoms with Crippen molar-refractivity contribution in [2.45, 2.75) is 19.7 Å². The number of nitrogens with zero attached hydrogens (tertiary/aromatic N) is 2. The van der Waals surface area contributed by atoms with Crippen LogP contribution in [0.5, 0.6) is 5.88 Å². The highest BCUT2D eigenvalue weighted by Crippen LogP contribution is 2.37. The van der Waals surface area contributed by atoms with Crippen LogP contribution in [0.1, 0.15) is 13.3 Å². The molecule has 0 aromatic carbocycles. The Labute approximate surface area is 96.2 Å². The van der Waals surface area contributed by atoms with Crippen molar-refractivity contribution in [3.63, 3.8) is 0 Å². The number of nitrogens with one attached hydrogen (secondary N) is 1. The lowest BCUT2D eigenvalue weighted by atomic mass is 10.3. The zero-order valence-corrected chi connectivity index (χ0v) is 9.16. The Hall–Kier alpha value is -1.53. The number of alkyl halides is 3. The molecule has 1 fully saturated rings. The molecule has 1 aromatic heterocycles. The molecule has 0 radical (unpaired) electrons. The van der Waals surface area contributed by atoms with Crippen molar-refractivity contribution in [2.24, 2.45) is 11.8 Å². The van der Waals surface area contributed by atoms with Gasteiger partial charge in [0, 0.05) is 6.54 Å². The van der Waals surface area contributed by atoms with Crippen LogP contribution in [-0.2, 0) is 0 Å². The topological polar surface area (TPSA) is 47.0 Å². The monoisotopic (exact) mass is 247 g/mol. The van der Waals surface area contributed by atoms with Gasteiger partial charge in [-0.15, -0.1) is 13.2 Å². The molecule has 4 nitrogen and oxygen atoms in total. The van der Waals surface area contributed by atoms with Gasteiger partial charge in [-0.2, -0.15) is 0 Å². The Morgan fingerprint density at radius 2 is 2.12 bits per heavy atom. The van der Waals surface area contributed by atoms with Crippen molar-refractivity contribution in [2.75, 3.05) is 11.9 Å². The molecule has 1 saturated carbocycles. The van der Waals surface area contributed by atoms with Gasteiger partial charge >= 0.3 is 6.36 Å². The highest BCUT2D eigenvalue weighted by molar-refractivity contribution is 5.32. The number of aromatic nitrogens is 2. The third-order valence-electron chi connectivity index (χ3n) is 2.67. The van der Waals surface area contributed by atoms with Crippen LogP contribution in [0.3, 0.4) is 0 Å². The number of halogens is 3. The summed E-state index contributed by atoms with van der Waals surface area (Å²) in [5.41, 5.74) is 0. The SMILES string of the molecule is CC1CC1CNc1cnc(OC(F)(F)F)cn1. The molecule has 0 saturated heterocycles. The molecular formula is C10H12F3N3O. The first-order valence-corrected chi connectivity index (χ1v) is 5.26. The van der Waals surface area contributed by atoms with Crippen molar-refractivity contribution in [3.05, 3.63) is 12.4 Å². The molecule has 1 aromatic rings. The second kappa shape index (κ2) is 4.38. The molecule has 0 bridgehead atoms. The Morgan fingerprint density at radius 3 is 2.59 bits per heavy atom. The Bertz CT molecular complexity index is 379. The fourth-order valence-corrected chi connectivity index (χ4v) is 1.50. The first kappa shape index (κ1) is 11.9. The summed E-state index contributed by atoms with van der Waals surface area (Å²) in [6.07, 6.45) is -1.37. The van der Waals surface area contributed by atoms with E-state index in [0.29, 0.717) is 17.7 Å². The van der Waals surface area contributed by atoms with Crippen LogP contribution in [0.15, 0.2) is 12.4 Å². The van der Waals surface area contributed by atoms with Crippen LogP contribution in [-0.4, -0.2) is 22.9 Å². The van der Waals surface area contributed by atoms with E-state index in [4.69, 9.17) is 0 Å². The minimum Gasteiger partial charge on any atom is -0.386 e. The minimum absolute atomic E-state index is 0.457. The van der Waals surface area contributed by atoms with Crippen LogP contribution in [0.2, 0.25) is 0 Å². The number of rotatable bonds is 4. The molecule has 0 amide bonds. The minimum atomic E-state index is -4.73. The van der Waals surface area contributed by atoms with E-state index in [-0.39, 0.29) is 0 Å². The van der Waals surface area contributed by atoms with E-state index in [2.05, 4.69) is 26.9 Å². The lowest BCUT2D eigenvalue weighted by molar-refractivity contribution is -0.276. The van der Waals surface area contributed by atoms with Gasteiger partial charge in [0.2, 0.25) is 5.88 Å². The van der Waals surface area contributed by atoms with E-state index in [9.17, 15) is 13.2 Å². The van der Waals surface area contributed by atoms with Crippen LogP contribution in [0.25, 0.3) is 0 Å². The standard InChI is InChI=1S/C10H12F3N3O/c1-6-2-7(6)3-14-8-4-16-9(5-15-8)17-10(11,12)13/h4-7H,2-3H2,1H3,(H,14,15). The largest absolute Gasteiger partial charge is 0.574 e. The summed E-state index contributed by atoms with van der Waals surface area (Å²) in [4.78, 5) is 7.30. The molecule has 2 rings (SSSR count). The van der Waals surface area contributed by atoms with Crippen molar-refractivity contribution in [1.29, 1.82) is 0 Å². The number of ether oxygens (including phenoxy) is 1. The average Bonchev–Trinajstić information content (AvgIpc) is 2.91. The van der Waals surface area contributed by atoms with E-state index >= 15 is 0 Å². The molecule has 2 atom stereocenters. The second-order valence-corrected chi connectivity index (χ2v) is 4.14. The Morgan fingerprint density at radius 1 is 1.41 bits per heavy atom. The van der Waals surface area contributed by atoms with Gasteiger partial charge in [0.25, 0.3) is 0 Å². The first-order chi connectivity index (χ1) is 7.94. The molecule has 2 unspecified atom stereocenters. The molecule has 0 spiro atoms. The molecule has 0 aliphatic heterocycles. The molecule has 1 heterocycles. The average molecular weight is 247 g/mol. The van der Waals surface area contributed by atoms with Crippen molar-refractivity contribution >= 4 is 5.82 Å². The summed E-state index contributed by atoms with van der Waals surface area (Å²) in [5.74, 6) is 1.24. The quantitative estimate of drug-likeness (QED) is 0.887. The predicted octanol–water partition coefficient (Wildman–Crippen LogP) is 2.44. The lowest BCUT2D eigenvalue weighted by Crippen LogP contribution is -2.18. The first-order valence-electron chi connectivity index (χ1n) is 5.26. The Kier molecular flexibility index (Phi) is 3.08. The maximum absolute atomic E-state index is 11.8. The van der Waals surface area contributed by atoms with Crippen molar-refractivity contribution in [3.8, 4) is 5.88 Å². The van der Waals surface area contributed by atoms with E-state index in [1.54, 1.807) is 0 Å². The van der Waals surface area contributed by atoms with Gasteiger partial charge in [0.1, 0.15) is 5.82 Å². The van der Waals surface area contributed by atoms with Crippen molar-refractivity contribution in [1.82, 2.24) is 9.97 Å². The third-order valence-corrected chi connectivity index (χ3v) is 2.67. The van der Waals surface area contributed by atoms with Gasteiger partial charge in [-0.1, -0.05) is 6.92 Å². The van der Waals surface area contributed by atoms with Gasteiger partial charge in [0.15, 0.2) is 0 Å². The van der Waals surface area contributed by atoms with Gasteiger partial charge < -0.3 is 10.1 Å². The summed E-state index contributed by atoms with van der Waals surface area (Å²) < 4.78 is 39.1. The number of anilines is 1. The molecule has 1 N–H and O–H groups in total. The predicted molar refractivity (Wildman–Crippen MR) is 54.5 cm³/mol. The lowest BCUT2D eigenvalue weighted by Gasteiger charge is -2.08. The number of hydrogen-bond acceptors (Lipinski definition) is 4. The third kappa shape index (κ3) is 3.76. The van der Waals surface area contributed by atoms with Crippen LogP contribution in [0.4, 0.5) is 19.0 Å². The van der Waals surface area contributed by atoms with Gasteiger partial charge in [-0.05, 0) is 18.3 Å². The summed E-state index contributed by atoms with van der Waals surface area (Å²) in [5, 5.41) is 3.02. The zero-order chi connectivity index (χ0) is 12.5. The molecule has 94 valence electrons. The second-order valence-electron chi connectivity index (χ2n) is 4.14. The van der Waals surface area contributed by atoms with Crippen LogP contribution < -0.4 is 10.1 Å². The van der Waals surface area contributed by atoms with E-state index < -0.39 is 12.2 Å². The highest BCUT2D eigenvalue weighted by atomic mass is 19.4. The maximum Gasteiger partial charge on any atom is 0.574 e. The summed E-state index contributed by atoms with van der Waals surface area (Å²) in [6, 6.07) is 0. The molecule has 7 heteroatoms. The summed E-state index contributed by atoms with van der Waals surface area (Å²) >= 11 is 0. The highest BCUT2D eigenvalue weighted by Gasteiger charge is 2.33. The van der Waals surface area contributed by atoms with Gasteiger partial charge in [-0.25, -0.2) is 9.97 Å². The normalized spacial score (nSPS) is 23.3. The summed E-state index contributed by atoms with van der Waals surface area (Å²) in [7, 11) is 0. The van der Waals surface area contributed by atoms with Crippen molar-refractivity contribution < 1.29 is 17.9 Å². The Balaban J connectivity index is 1.84. The number of hydrogen-bond donors (Lipinski definition) is 1. The smallest absolute Gasteiger partial charge is 0.386 e. The van der Waals surface area contributed by atoms with Gasteiger partial charge in [-0.3, -0.25) is 0 Å². The fraction of sp³-hybridized carbons (Fsp3) is 0.600. The van der Waals surface area contributed by atoms with Crippen LogP contribution in [0, 0.1) is 11.8 Å². The van der Waals surface area contributed by atoms with Crippen LogP contribution >= 0.6 is 0 Å². The van der Waals surface area contributed by atoms with E-state index in [1.807, 2.05) is 0 Å². The van der Waals surface area contributed by atoms with E-state index in [1.165, 1.54) is 12.6 Å². The maximum atomic E-state index is 11.8. The fourth-order valence-electron chi connectivity index (χ4n) is 1.50. The molecule has 1 aliphatic carbocycles. The van der Waals surface area contributed by atoms with Gasteiger partial charge in [0.05, 0.1) is 12.4 Å².